The zero-order valence-corrected chi connectivity index (χ0v) is 13.2. The lowest BCUT2D eigenvalue weighted by molar-refractivity contribution is -0.139. The van der Waals surface area contributed by atoms with Gasteiger partial charge in [-0.25, -0.2) is 4.79 Å². The molecule has 1 heterocycles. The number of carbonyl (C=O) groups excluding carboxylic acids is 2. The number of hydrogen-bond acceptors (Lipinski definition) is 3. The Hall–Kier alpha value is -1.83. The van der Waals surface area contributed by atoms with Gasteiger partial charge in [0.2, 0.25) is 5.91 Å². The van der Waals surface area contributed by atoms with Crippen molar-refractivity contribution in [2.24, 2.45) is 5.73 Å². The zero-order valence-electron chi connectivity index (χ0n) is 11.6. The van der Waals surface area contributed by atoms with E-state index in [1.54, 1.807) is 16.8 Å². The van der Waals surface area contributed by atoms with Gasteiger partial charge in [-0.3, -0.25) is 9.59 Å². The Morgan fingerprint density at radius 3 is 2.67 bits per heavy atom. The second-order valence-electron chi connectivity index (χ2n) is 4.61. The molecule has 1 rings (SSSR count). The van der Waals surface area contributed by atoms with E-state index in [0.717, 1.165) is 10.9 Å². The predicted octanol–water partition coefficient (Wildman–Crippen LogP) is 1.11. The molecule has 0 radical (unpaired) electrons. The fraction of sp³-hybridized carbons (Fsp3) is 0.462. The van der Waals surface area contributed by atoms with Crippen molar-refractivity contribution in [3.8, 4) is 0 Å². The van der Waals surface area contributed by atoms with Crippen LogP contribution >= 0.6 is 15.9 Å². The van der Waals surface area contributed by atoms with Gasteiger partial charge in [0, 0.05) is 23.6 Å². The van der Waals surface area contributed by atoms with E-state index in [0.29, 0.717) is 12.2 Å². The van der Waals surface area contributed by atoms with Crippen LogP contribution < -0.4 is 11.1 Å². The lowest BCUT2D eigenvalue weighted by atomic mass is 10.1. The van der Waals surface area contributed by atoms with Gasteiger partial charge in [0.05, 0.1) is 0 Å². The minimum atomic E-state index is -1.20. The number of nitrogens with zero attached hydrogens (tertiary/aromatic N) is 1. The minimum Gasteiger partial charge on any atom is -0.480 e. The summed E-state index contributed by atoms with van der Waals surface area (Å²) in [5.74, 6) is -2.30. The van der Waals surface area contributed by atoms with Crippen molar-refractivity contribution in [3.05, 3.63) is 22.4 Å². The molecule has 0 aliphatic rings. The molecular formula is C13H18BrN3O4. The number of halogens is 1. The molecule has 8 heteroatoms. The first-order chi connectivity index (χ1) is 9.85. The summed E-state index contributed by atoms with van der Waals surface area (Å²) in [5.41, 5.74) is 5.36. The molecule has 0 unspecified atom stereocenters. The largest absolute Gasteiger partial charge is 0.480 e. The third-order valence-electron chi connectivity index (χ3n) is 2.84. The van der Waals surface area contributed by atoms with Gasteiger partial charge >= 0.3 is 5.97 Å². The maximum Gasteiger partial charge on any atom is 0.326 e. The Kier molecular flexibility index (Phi) is 6.41. The van der Waals surface area contributed by atoms with Crippen molar-refractivity contribution in [2.75, 3.05) is 0 Å². The van der Waals surface area contributed by atoms with Crippen molar-refractivity contribution >= 4 is 33.7 Å². The van der Waals surface area contributed by atoms with E-state index >= 15 is 0 Å². The van der Waals surface area contributed by atoms with Crippen LogP contribution in [0.15, 0.2) is 16.7 Å². The molecule has 0 aliphatic heterocycles. The Morgan fingerprint density at radius 2 is 2.14 bits per heavy atom. The second-order valence-corrected chi connectivity index (χ2v) is 5.52. The summed E-state index contributed by atoms with van der Waals surface area (Å²) in [5, 5.41) is 11.5. The average molecular weight is 360 g/mol. The maximum absolute atomic E-state index is 12.2. The number of carboxylic acid groups (broad SMARTS) is 1. The molecule has 0 fully saturated rings. The van der Waals surface area contributed by atoms with Crippen molar-refractivity contribution in [1.29, 1.82) is 0 Å². The smallest absolute Gasteiger partial charge is 0.326 e. The second kappa shape index (κ2) is 7.82. The predicted molar refractivity (Wildman–Crippen MR) is 79.7 cm³/mol. The van der Waals surface area contributed by atoms with Gasteiger partial charge in [-0.2, -0.15) is 0 Å². The van der Waals surface area contributed by atoms with Gasteiger partial charge in [0.1, 0.15) is 11.7 Å². The molecule has 0 aromatic carbocycles. The summed E-state index contributed by atoms with van der Waals surface area (Å²) in [6.07, 6.45) is 2.46. The van der Waals surface area contributed by atoms with E-state index < -0.39 is 23.8 Å². The van der Waals surface area contributed by atoms with Crippen LogP contribution in [0.2, 0.25) is 0 Å². The molecule has 1 atom stereocenters. The van der Waals surface area contributed by atoms with Crippen LogP contribution in [0.4, 0.5) is 0 Å². The van der Waals surface area contributed by atoms with E-state index in [2.05, 4.69) is 21.2 Å². The fourth-order valence-corrected chi connectivity index (χ4v) is 2.33. The van der Waals surface area contributed by atoms with Crippen LogP contribution in [0, 0.1) is 0 Å². The van der Waals surface area contributed by atoms with Crippen molar-refractivity contribution in [2.45, 2.75) is 38.8 Å². The first-order valence-corrected chi connectivity index (χ1v) is 7.32. The molecule has 0 spiro atoms. The number of rotatable bonds is 8. The number of carboxylic acids is 1. The van der Waals surface area contributed by atoms with Gasteiger partial charge in [-0.15, -0.1) is 0 Å². The lowest BCUT2D eigenvalue weighted by Crippen LogP contribution is -2.42. The zero-order chi connectivity index (χ0) is 16.0. The van der Waals surface area contributed by atoms with Crippen LogP contribution in [0.25, 0.3) is 0 Å². The van der Waals surface area contributed by atoms with Crippen molar-refractivity contribution in [1.82, 2.24) is 9.88 Å². The highest BCUT2D eigenvalue weighted by atomic mass is 79.9. The molecule has 0 saturated heterocycles. The van der Waals surface area contributed by atoms with E-state index in [9.17, 15) is 14.4 Å². The molecule has 1 aromatic rings. The van der Waals surface area contributed by atoms with Gasteiger partial charge in [0.15, 0.2) is 0 Å². The first kappa shape index (κ1) is 17.2. The molecule has 0 aliphatic carbocycles. The first-order valence-electron chi connectivity index (χ1n) is 6.52. The summed E-state index contributed by atoms with van der Waals surface area (Å²) in [7, 11) is 0. The number of hydrogen-bond donors (Lipinski definition) is 3. The van der Waals surface area contributed by atoms with E-state index in [4.69, 9.17) is 10.8 Å². The highest BCUT2D eigenvalue weighted by Gasteiger charge is 2.23. The molecule has 0 saturated carbocycles. The van der Waals surface area contributed by atoms with Crippen LogP contribution in [0.3, 0.4) is 0 Å². The molecule has 1 aromatic heterocycles. The fourth-order valence-electron chi connectivity index (χ4n) is 1.87. The van der Waals surface area contributed by atoms with Crippen LogP contribution in [0.1, 0.15) is 36.7 Å². The normalized spacial score (nSPS) is 11.9. The monoisotopic (exact) mass is 359 g/mol. The van der Waals surface area contributed by atoms with Crippen LogP contribution in [0.5, 0.6) is 0 Å². The van der Waals surface area contributed by atoms with E-state index in [1.807, 2.05) is 6.92 Å². The van der Waals surface area contributed by atoms with Gasteiger partial charge in [0.25, 0.3) is 5.91 Å². The number of nitrogens with one attached hydrogen (secondary N) is 1. The number of primary amides is 1. The number of nitrogens with two attached hydrogens (primary N) is 1. The Labute approximate surface area is 130 Å². The molecular weight excluding hydrogens is 342 g/mol. The summed E-state index contributed by atoms with van der Waals surface area (Å²) < 4.78 is 2.48. The Balaban J connectivity index is 2.81. The summed E-state index contributed by atoms with van der Waals surface area (Å²) in [6, 6.07) is 0.478. The molecule has 7 nitrogen and oxygen atoms in total. The van der Waals surface area contributed by atoms with Crippen LogP contribution in [-0.2, 0) is 16.1 Å². The standard InChI is InChI=1S/C13H18BrN3O4/c1-2-5-17-7-8(14)6-10(17)12(19)16-9(13(20)21)3-4-11(15)18/h6-7,9H,2-5H2,1H3,(H2,15,18)(H,16,19)(H,20,21)/t9-/m1/s1. The summed E-state index contributed by atoms with van der Waals surface area (Å²) in [4.78, 5) is 34.0. The van der Waals surface area contributed by atoms with Crippen LogP contribution in [-0.4, -0.2) is 33.5 Å². The third kappa shape index (κ3) is 5.22. The summed E-state index contributed by atoms with van der Waals surface area (Å²) in [6.45, 7) is 2.62. The third-order valence-corrected chi connectivity index (χ3v) is 3.28. The maximum atomic E-state index is 12.2. The quantitative estimate of drug-likeness (QED) is 0.644. The van der Waals surface area contributed by atoms with Gasteiger partial charge in [-0.05, 0) is 34.8 Å². The topological polar surface area (TPSA) is 114 Å². The minimum absolute atomic E-state index is 0.0357. The number of aryl methyl sites for hydroxylation is 1. The van der Waals surface area contributed by atoms with Gasteiger partial charge < -0.3 is 20.7 Å². The molecule has 116 valence electrons. The summed E-state index contributed by atoms with van der Waals surface area (Å²) >= 11 is 3.29. The molecule has 21 heavy (non-hydrogen) atoms. The SMILES string of the molecule is CCCn1cc(Br)cc1C(=O)N[C@H](CCC(N)=O)C(=O)O. The Morgan fingerprint density at radius 1 is 1.48 bits per heavy atom. The molecule has 2 amide bonds. The lowest BCUT2D eigenvalue weighted by Gasteiger charge is -2.14. The molecule has 0 bridgehead atoms. The average Bonchev–Trinajstić information content (AvgIpc) is 2.75. The molecule has 4 N–H and O–H groups in total. The Bertz CT molecular complexity index is 542. The number of amides is 2. The van der Waals surface area contributed by atoms with E-state index in [1.165, 1.54) is 0 Å². The van der Waals surface area contributed by atoms with Crippen molar-refractivity contribution in [3.63, 3.8) is 0 Å². The highest BCUT2D eigenvalue weighted by Crippen LogP contribution is 2.16. The van der Waals surface area contributed by atoms with Gasteiger partial charge in [-0.1, -0.05) is 6.92 Å². The number of aromatic nitrogens is 1. The van der Waals surface area contributed by atoms with E-state index in [-0.39, 0.29) is 12.8 Å². The van der Waals surface area contributed by atoms with Crippen molar-refractivity contribution < 1.29 is 19.5 Å². The number of aliphatic carboxylic acids is 1. The number of carbonyl (C=O) groups is 3. The highest BCUT2D eigenvalue weighted by molar-refractivity contribution is 9.10.